The standard InChI is InChI=1S/C27H32N2O4Si/c28-26(30)24(16-21-10-4-1-5-11-21)19-34(32,33)20-25(17-22-12-6-2-7-13-22)27(31)29-18-23-14-8-3-9-15-23/h1-15,24-25,32-33H,16-20H2,(H2,28,30)(H,29,31)/t24-,25-/m1/s1. The summed E-state index contributed by atoms with van der Waals surface area (Å²) in [5, 5.41) is 2.93. The van der Waals surface area contributed by atoms with Crippen molar-refractivity contribution in [2.24, 2.45) is 17.6 Å². The van der Waals surface area contributed by atoms with Gasteiger partial charge in [-0.3, -0.25) is 9.59 Å². The molecule has 2 atom stereocenters. The molecule has 7 heteroatoms. The molecule has 0 aromatic heterocycles. The van der Waals surface area contributed by atoms with Gasteiger partial charge in [-0.2, -0.15) is 0 Å². The maximum absolute atomic E-state index is 13.1. The van der Waals surface area contributed by atoms with Crippen LogP contribution >= 0.6 is 0 Å². The third-order valence-electron chi connectivity index (χ3n) is 5.88. The van der Waals surface area contributed by atoms with Crippen molar-refractivity contribution < 1.29 is 19.2 Å². The zero-order chi connectivity index (χ0) is 24.4. The van der Waals surface area contributed by atoms with Crippen LogP contribution in [0.5, 0.6) is 0 Å². The Balaban J connectivity index is 1.71. The second-order valence-corrected chi connectivity index (χ2v) is 11.6. The minimum Gasteiger partial charge on any atom is -0.411 e. The lowest BCUT2D eigenvalue weighted by molar-refractivity contribution is -0.124. The number of amides is 2. The highest BCUT2D eigenvalue weighted by atomic mass is 28.4. The van der Waals surface area contributed by atoms with Gasteiger partial charge in [0.15, 0.2) is 0 Å². The number of carbonyl (C=O) groups excluding carboxylic acids is 2. The van der Waals surface area contributed by atoms with Gasteiger partial charge >= 0.3 is 8.56 Å². The Labute approximate surface area is 201 Å². The Kier molecular flexibility index (Phi) is 9.15. The fourth-order valence-electron chi connectivity index (χ4n) is 4.13. The fraction of sp³-hybridized carbons (Fsp3) is 0.259. The average molecular weight is 477 g/mol. The molecule has 3 aromatic rings. The summed E-state index contributed by atoms with van der Waals surface area (Å²) in [6.07, 6.45) is 0.701. The van der Waals surface area contributed by atoms with Crippen LogP contribution in [0.1, 0.15) is 16.7 Å². The third kappa shape index (κ3) is 8.26. The predicted octanol–water partition coefficient (Wildman–Crippen LogP) is 2.93. The molecule has 0 spiro atoms. The molecule has 34 heavy (non-hydrogen) atoms. The Morgan fingerprint density at radius 1 is 0.706 bits per heavy atom. The number of hydrogen-bond donors (Lipinski definition) is 4. The molecular weight excluding hydrogens is 444 g/mol. The van der Waals surface area contributed by atoms with Crippen molar-refractivity contribution in [1.82, 2.24) is 5.32 Å². The van der Waals surface area contributed by atoms with Crippen molar-refractivity contribution in [2.75, 3.05) is 0 Å². The average Bonchev–Trinajstić information content (AvgIpc) is 2.83. The van der Waals surface area contributed by atoms with Gasteiger partial charge in [0.05, 0.1) is 0 Å². The number of hydrogen-bond acceptors (Lipinski definition) is 4. The van der Waals surface area contributed by atoms with E-state index < -0.39 is 26.3 Å². The highest BCUT2D eigenvalue weighted by Crippen LogP contribution is 2.26. The largest absolute Gasteiger partial charge is 0.411 e. The molecule has 0 aliphatic heterocycles. The Hall–Kier alpha value is -3.26. The Morgan fingerprint density at radius 2 is 1.12 bits per heavy atom. The molecule has 0 bridgehead atoms. The summed E-state index contributed by atoms with van der Waals surface area (Å²) in [6, 6.07) is 28.2. The van der Waals surface area contributed by atoms with E-state index in [2.05, 4.69) is 5.32 Å². The fourth-order valence-corrected chi connectivity index (χ4v) is 6.55. The Morgan fingerprint density at radius 3 is 1.59 bits per heavy atom. The van der Waals surface area contributed by atoms with Crippen LogP contribution in [-0.4, -0.2) is 30.0 Å². The minimum absolute atomic E-state index is 0.0823. The van der Waals surface area contributed by atoms with Crippen molar-refractivity contribution >= 4 is 20.4 Å². The van der Waals surface area contributed by atoms with Crippen molar-refractivity contribution in [3.05, 3.63) is 108 Å². The molecule has 3 rings (SSSR count). The zero-order valence-corrected chi connectivity index (χ0v) is 20.1. The number of nitrogens with one attached hydrogen (secondary N) is 1. The number of primary amides is 1. The lowest BCUT2D eigenvalue weighted by Gasteiger charge is -2.27. The number of benzene rings is 3. The first-order valence-corrected chi connectivity index (χ1v) is 13.8. The predicted molar refractivity (Wildman–Crippen MR) is 135 cm³/mol. The molecule has 6 nitrogen and oxygen atoms in total. The SMILES string of the molecule is NC(=O)[C@H](Cc1ccccc1)C[Si](O)(O)C[C@@H](Cc1ccccc1)C(=O)NCc1ccccc1. The van der Waals surface area contributed by atoms with Crippen LogP contribution in [0.4, 0.5) is 0 Å². The number of nitrogens with two attached hydrogens (primary N) is 1. The van der Waals surface area contributed by atoms with Crippen molar-refractivity contribution in [3.8, 4) is 0 Å². The van der Waals surface area contributed by atoms with Crippen LogP contribution in [0, 0.1) is 11.8 Å². The first kappa shape index (κ1) is 25.4. The van der Waals surface area contributed by atoms with Gasteiger partial charge < -0.3 is 20.6 Å². The van der Waals surface area contributed by atoms with E-state index in [-0.39, 0.29) is 18.0 Å². The van der Waals surface area contributed by atoms with E-state index >= 15 is 0 Å². The maximum atomic E-state index is 13.1. The van der Waals surface area contributed by atoms with Crippen LogP contribution in [0.3, 0.4) is 0 Å². The summed E-state index contributed by atoms with van der Waals surface area (Å²) in [4.78, 5) is 47.2. The van der Waals surface area contributed by atoms with E-state index in [1.165, 1.54) is 0 Å². The summed E-state index contributed by atoms with van der Waals surface area (Å²) in [5.41, 5.74) is 8.39. The molecule has 0 saturated carbocycles. The van der Waals surface area contributed by atoms with Crippen LogP contribution in [0.15, 0.2) is 91.0 Å². The number of carbonyl (C=O) groups is 2. The molecule has 3 aromatic carbocycles. The van der Waals surface area contributed by atoms with Gasteiger partial charge in [0.25, 0.3) is 0 Å². The molecule has 0 fully saturated rings. The lowest BCUT2D eigenvalue weighted by Crippen LogP contribution is -2.45. The van der Waals surface area contributed by atoms with Gasteiger partial charge in [-0.25, -0.2) is 0 Å². The van der Waals surface area contributed by atoms with Crippen molar-refractivity contribution in [2.45, 2.75) is 31.5 Å². The summed E-state index contributed by atoms with van der Waals surface area (Å²) < 4.78 is 0. The first-order valence-electron chi connectivity index (χ1n) is 11.5. The highest BCUT2D eigenvalue weighted by molar-refractivity contribution is 6.65. The number of rotatable bonds is 12. The van der Waals surface area contributed by atoms with E-state index in [4.69, 9.17) is 5.73 Å². The molecule has 0 heterocycles. The van der Waals surface area contributed by atoms with Gasteiger partial charge in [0.1, 0.15) is 0 Å². The molecule has 0 radical (unpaired) electrons. The third-order valence-corrected chi connectivity index (χ3v) is 8.17. The molecule has 0 saturated heterocycles. The van der Waals surface area contributed by atoms with E-state index in [1.54, 1.807) is 0 Å². The highest BCUT2D eigenvalue weighted by Gasteiger charge is 2.39. The van der Waals surface area contributed by atoms with Crippen LogP contribution in [-0.2, 0) is 29.0 Å². The molecule has 0 unspecified atom stereocenters. The normalized spacial score (nSPS) is 13.1. The zero-order valence-electron chi connectivity index (χ0n) is 19.1. The van der Waals surface area contributed by atoms with Crippen molar-refractivity contribution in [3.63, 3.8) is 0 Å². The van der Waals surface area contributed by atoms with Crippen LogP contribution < -0.4 is 11.1 Å². The van der Waals surface area contributed by atoms with Crippen LogP contribution in [0.25, 0.3) is 0 Å². The van der Waals surface area contributed by atoms with Gasteiger partial charge in [0.2, 0.25) is 11.8 Å². The van der Waals surface area contributed by atoms with Gasteiger partial charge in [-0.15, -0.1) is 0 Å². The van der Waals surface area contributed by atoms with Gasteiger partial charge in [0, 0.05) is 30.5 Å². The van der Waals surface area contributed by atoms with E-state index in [0.29, 0.717) is 19.4 Å². The molecule has 178 valence electrons. The summed E-state index contributed by atoms with van der Waals surface area (Å²) in [5.74, 6) is -2.17. The second-order valence-electron chi connectivity index (χ2n) is 8.77. The summed E-state index contributed by atoms with van der Waals surface area (Å²) in [7, 11) is -3.93. The lowest BCUT2D eigenvalue weighted by atomic mass is 10.00. The van der Waals surface area contributed by atoms with Crippen molar-refractivity contribution in [1.29, 1.82) is 0 Å². The summed E-state index contributed by atoms with van der Waals surface area (Å²) >= 11 is 0. The smallest absolute Gasteiger partial charge is 0.334 e. The monoisotopic (exact) mass is 476 g/mol. The van der Waals surface area contributed by atoms with E-state index in [0.717, 1.165) is 16.7 Å². The molecule has 0 aliphatic carbocycles. The maximum Gasteiger partial charge on any atom is 0.334 e. The minimum atomic E-state index is -3.93. The van der Waals surface area contributed by atoms with Gasteiger partial charge in [-0.1, -0.05) is 91.0 Å². The van der Waals surface area contributed by atoms with E-state index in [1.807, 2.05) is 91.0 Å². The first-order chi connectivity index (χ1) is 16.3. The van der Waals surface area contributed by atoms with E-state index in [9.17, 15) is 19.2 Å². The molecular formula is C27H32N2O4Si. The topological polar surface area (TPSA) is 113 Å². The summed E-state index contributed by atoms with van der Waals surface area (Å²) in [6.45, 7) is 0.355. The Bertz CT molecular complexity index is 1050. The van der Waals surface area contributed by atoms with Crippen LogP contribution in [0.2, 0.25) is 12.1 Å². The quantitative estimate of drug-likeness (QED) is 0.301. The molecule has 0 aliphatic rings. The van der Waals surface area contributed by atoms with Gasteiger partial charge in [-0.05, 0) is 29.5 Å². The molecule has 2 amide bonds. The molecule has 5 N–H and O–H groups in total. The second kappa shape index (κ2) is 12.3.